The van der Waals surface area contributed by atoms with Gasteiger partial charge in [0.2, 0.25) is 0 Å². The molecular weight excluding hydrogens is 288 g/mol. The number of para-hydroxylation sites is 1. The van der Waals surface area contributed by atoms with E-state index in [9.17, 15) is 4.79 Å². The summed E-state index contributed by atoms with van der Waals surface area (Å²) >= 11 is 0. The van der Waals surface area contributed by atoms with Crippen molar-refractivity contribution in [3.05, 3.63) is 35.5 Å². The molecule has 122 valence electrons. The van der Waals surface area contributed by atoms with Crippen molar-refractivity contribution in [1.82, 2.24) is 9.88 Å². The molecule has 4 nitrogen and oxygen atoms in total. The predicted molar refractivity (Wildman–Crippen MR) is 90.5 cm³/mol. The summed E-state index contributed by atoms with van der Waals surface area (Å²) in [4.78, 5) is 18.3. The Balaban J connectivity index is 1.74. The number of esters is 1. The van der Waals surface area contributed by atoms with Gasteiger partial charge in [-0.15, -0.1) is 0 Å². The van der Waals surface area contributed by atoms with Crippen LogP contribution in [0.25, 0.3) is 10.9 Å². The third kappa shape index (κ3) is 2.65. The number of benzene rings is 1. The third-order valence-electron chi connectivity index (χ3n) is 5.50. The van der Waals surface area contributed by atoms with Crippen molar-refractivity contribution in [1.29, 1.82) is 0 Å². The van der Waals surface area contributed by atoms with Crippen LogP contribution in [0.15, 0.2) is 24.3 Å². The van der Waals surface area contributed by atoms with Gasteiger partial charge in [0.15, 0.2) is 0 Å². The van der Waals surface area contributed by atoms with E-state index in [0.717, 1.165) is 23.5 Å². The monoisotopic (exact) mass is 312 g/mol. The van der Waals surface area contributed by atoms with Crippen LogP contribution in [0.2, 0.25) is 0 Å². The number of piperidine rings is 3. The zero-order chi connectivity index (χ0) is 15.8. The van der Waals surface area contributed by atoms with Gasteiger partial charge in [0, 0.05) is 29.1 Å². The summed E-state index contributed by atoms with van der Waals surface area (Å²) in [6.45, 7) is 5.88. The fourth-order valence-corrected chi connectivity index (χ4v) is 4.38. The number of H-pyrrole nitrogens is 1. The number of aromatic amines is 1. The molecule has 4 heteroatoms. The first kappa shape index (κ1) is 14.8. The fraction of sp³-hybridized carbons (Fsp3) is 0.526. The quantitative estimate of drug-likeness (QED) is 0.883. The standard InChI is InChI=1S/C19H24N2O2/c1-2-23-18(22)11-15-14-5-3-4-6-17(14)20-19(15)16-12-21-9-7-13(16)8-10-21/h3-6,13,16,20H,2,7-12H2,1H3. The highest BCUT2D eigenvalue weighted by Crippen LogP contribution is 2.41. The van der Waals surface area contributed by atoms with Gasteiger partial charge < -0.3 is 14.6 Å². The summed E-state index contributed by atoms with van der Waals surface area (Å²) in [5, 5.41) is 1.17. The SMILES string of the molecule is CCOC(=O)Cc1c(C2CN3CCC2CC3)[nH]c2ccccc12. The van der Waals surface area contributed by atoms with Crippen LogP contribution in [-0.2, 0) is 16.0 Å². The molecular formula is C19H24N2O2. The van der Waals surface area contributed by atoms with Crippen LogP contribution in [0.1, 0.15) is 36.9 Å². The summed E-state index contributed by atoms with van der Waals surface area (Å²) in [5.74, 6) is 1.14. The third-order valence-corrected chi connectivity index (χ3v) is 5.50. The van der Waals surface area contributed by atoms with E-state index in [1.807, 2.05) is 19.1 Å². The van der Waals surface area contributed by atoms with Crippen molar-refractivity contribution in [3.8, 4) is 0 Å². The molecule has 0 radical (unpaired) electrons. The Morgan fingerprint density at radius 1 is 1.30 bits per heavy atom. The molecule has 0 spiro atoms. The van der Waals surface area contributed by atoms with Crippen molar-refractivity contribution in [2.24, 2.45) is 5.92 Å². The van der Waals surface area contributed by atoms with E-state index in [2.05, 4.69) is 22.0 Å². The first-order chi connectivity index (χ1) is 11.3. The number of carbonyl (C=O) groups excluding carboxylic acids is 1. The smallest absolute Gasteiger partial charge is 0.310 e. The molecule has 2 bridgehead atoms. The number of ether oxygens (including phenoxy) is 1. The molecule has 3 aliphatic rings. The van der Waals surface area contributed by atoms with Gasteiger partial charge in [-0.05, 0) is 50.4 Å². The Morgan fingerprint density at radius 2 is 2.09 bits per heavy atom. The van der Waals surface area contributed by atoms with Crippen molar-refractivity contribution in [2.75, 3.05) is 26.2 Å². The van der Waals surface area contributed by atoms with Gasteiger partial charge in [-0.25, -0.2) is 0 Å². The Bertz CT molecular complexity index is 713. The van der Waals surface area contributed by atoms with E-state index < -0.39 is 0 Å². The number of fused-ring (bicyclic) bond motifs is 4. The highest BCUT2D eigenvalue weighted by molar-refractivity contribution is 5.89. The Morgan fingerprint density at radius 3 is 2.78 bits per heavy atom. The van der Waals surface area contributed by atoms with Gasteiger partial charge in [-0.1, -0.05) is 18.2 Å². The summed E-state index contributed by atoms with van der Waals surface area (Å²) in [7, 11) is 0. The Labute approximate surface area is 136 Å². The number of nitrogens with one attached hydrogen (secondary N) is 1. The number of nitrogens with zero attached hydrogens (tertiary/aromatic N) is 1. The normalized spacial score (nSPS) is 26.6. The minimum Gasteiger partial charge on any atom is -0.466 e. The van der Waals surface area contributed by atoms with Gasteiger partial charge in [0.1, 0.15) is 0 Å². The second-order valence-electron chi connectivity index (χ2n) is 6.79. The van der Waals surface area contributed by atoms with E-state index in [1.54, 1.807) is 0 Å². The first-order valence-corrected chi connectivity index (χ1v) is 8.73. The molecule has 0 aliphatic carbocycles. The van der Waals surface area contributed by atoms with Crippen molar-refractivity contribution < 1.29 is 9.53 Å². The molecule has 1 aromatic carbocycles. The predicted octanol–water partition coefficient (Wildman–Crippen LogP) is 3.08. The maximum absolute atomic E-state index is 12.1. The lowest BCUT2D eigenvalue weighted by Gasteiger charge is -2.44. The lowest BCUT2D eigenvalue weighted by atomic mass is 9.76. The molecule has 3 saturated heterocycles. The van der Waals surface area contributed by atoms with E-state index in [1.165, 1.54) is 37.0 Å². The zero-order valence-corrected chi connectivity index (χ0v) is 13.7. The van der Waals surface area contributed by atoms with Gasteiger partial charge in [0.05, 0.1) is 13.0 Å². The molecule has 1 atom stereocenters. The molecule has 4 heterocycles. The maximum Gasteiger partial charge on any atom is 0.310 e. The van der Waals surface area contributed by atoms with Gasteiger partial charge in [-0.3, -0.25) is 4.79 Å². The number of hydrogen-bond acceptors (Lipinski definition) is 3. The molecule has 3 aliphatic heterocycles. The summed E-state index contributed by atoms with van der Waals surface area (Å²) in [6, 6.07) is 8.32. The highest BCUT2D eigenvalue weighted by Gasteiger charge is 2.37. The van der Waals surface area contributed by atoms with Crippen LogP contribution in [-0.4, -0.2) is 42.1 Å². The van der Waals surface area contributed by atoms with Crippen molar-refractivity contribution in [2.45, 2.75) is 32.1 Å². The number of hydrogen-bond donors (Lipinski definition) is 1. The van der Waals surface area contributed by atoms with Crippen LogP contribution in [0.3, 0.4) is 0 Å². The lowest BCUT2D eigenvalue weighted by Crippen LogP contribution is -2.46. The average Bonchev–Trinajstić information content (AvgIpc) is 2.95. The Kier molecular flexibility index (Phi) is 3.85. The van der Waals surface area contributed by atoms with Crippen LogP contribution in [0, 0.1) is 5.92 Å². The van der Waals surface area contributed by atoms with E-state index in [4.69, 9.17) is 4.74 Å². The minimum absolute atomic E-state index is 0.125. The van der Waals surface area contributed by atoms with Crippen LogP contribution < -0.4 is 0 Å². The molecule has 5 rings (SSSR count). The van der Waals surface area contributed by atoms with Crippen molar-refractivity contribution >= 4 is 16.9 Å². The molecule has 3 fully saturated rings. The second kappa shape index (κ2) is 6.00. The summed E-state index contributed by atoms with van der Waals surface area (Å²) in [5.41, 5.74) is 3.56. The zero-order valence-electron chi connectivity index (χ0n) is 13.7. The van der Waals surface area contributed by atoms with Crippen molar-refractivity contribution in [3.63, 3.8) is 0 Å². The average molecular weight is 312 g/mol. The van der Waals surface area contributed by atoms with E-state index in [-0.39, 0.29) is 5.97 Å². The molecule has 2 aromatic rings. The topological polar surface area (TPSA) is 45.3 Å². The van der Waals surface area contributed by atoms with E-state index >= 15 is 0 Å². The first-order valence-electron chi connectivity index (χ1n) is 8.73. The van der Waals surface area contributed by atoms with Gasteiger partial charge >= 0.3 is 5.97 Å². The fourth-order valence-electron chi connectivity index (χ4n) is 4.38. The summed E-state index contributed by atoms with van der Waals surface area (Å²) in [6.07, 6.45) is 2.92. The largest absolute Gasteiger partial charge is 0.466 e. The van der Waals surface area contributed by atoms with Crippen LogP contribution in [0.5, 0.6) is 0 Å². The number of aromatic nitrogens is 1. The minimum atomic E-state index is -0.125. The number of rotatable bonds is 4. The molecule has 1 unspecified atom stereocenters. The second-order valence-corrected chi connectivity index (χ2v) is 6.79. The molecule has 0 saturated carbocycles. The number of carbonyl (C=O) groups is 1. The molecule has 0 amide bonds. The van der Waals surface area contributed by atoms with Gasteiger partial charge in [0.25, 0.3) is 0 Å². The van der Waals surface area contributed by atoms with Gasteiger partial charge in [-0.2, -0.15) is 0 Å². The highest BCUT2D eigenvalue weighted by atomic mass is 16.5. The molecule has 23 heavy (non-hydrogen) atoms. The lowest BCUT2D eigenvalue weighted by molar-refractivity contribution is -0.142. The summed E-state index contributed by atoms with van der Waals surface area (Å²) < 4.78 is 5.21. The molecule has 1 aromatic heterocycles. The van der Waals surface area contributed by atoms with Crippen LogP contribution >= 0.6 is 0 Å². The Hall–Kier alpha value is -1.81. The molecule has 1 N–H and O–H groups in total. The maximum atomic E-state index is 12.1. The van der Waals surface area contributed by atoms with Crippen LogP contribution in [0.4, 0.5) is 0 Å². The van der Waals surface area contributed by atoms with E-state index in [0.29, 0.717) is 18.9 Å².